The van der Waals surface area contributed by atoms with Crippen molar-refractivity contribution in [3.8, 4) is 0 Å². The predicted octanol–water partition coefficient (Wildman–Crippen LogP) is 0.789. The Bertz CT molecular complexity index is 359. The molecule has 7 heteroatoms. The molecule has 6 nitrogen and oxygen atoms in total. The van der Waals surface area contributed by atoms with Crippen LogP contribution in [0.4, 0.5) is 5.69 Å². The molecule has 0 saturated heterocycles. The van der Waals surface area contributed by atoms with E-state index < -0.39 is 17.3 Å². The molecule has 16 heavy (non-hydrogen) atoms. The fourth-order valence-corrected chi connectivity index (χ4v) is 0.902. The van der Waals surface area contributed by atoms with E-state index in [4.69, 9.17) is 18.4 Å². The zero-order valence-corrected chi connectivity index (χ0v) is 9.60. The summed E-state index contributed by atoms with van der Waals surface area (Å²) in [6, 6.07) is 6.75. The van der Waals surface area contributed by atoms with Crippen molar-refractivity contribution in [2.24, 2.45) is 0 Å². The number of aromatic carboxylic acids is 1. The molecule has 1 rings (SSSR count). The van der Waals surface area contributed by atoms with Gasteiger partial charge in [-0.1, -0.05) is 0 Å². The van der Waals surface area contributed by atoms with Crippen LogP contribution in [0, 0.1) is 0 Å². The van der Waals surface area contributed by atoms with Crippen molar-refractivity contribution in [2.75, 3.05) is 19.0 Å². The highest BCUT2D eigenvalue weighted by Crippen LogP contribution is 2.11. The molecule has 1 aromatic rings. The minimum Gasteiger partial charge on any atom is -0.750 e. The van der Waals surface area contributed by atoms with Gasteiger partial charge in [-0.15, -0.1) is 0 Å². The summed E-state index contributed by atoms with van der Waals surface area (Å²) in [5, 5.41) is 8.60. The molecule has 0 aromatic heterocycles. The van der Waals surface area contributed by atoms with Gasteiger partial charge in [0.05, 0.1) is 16.9 Å². The van der Waals surface area contributed by atoms with Crippen LogP contribution >= 0.6 is 0 Å². The van der Waals surface area contributed by atoms with Crippen LogP contribution in [0.5, 0.6) is 0 Å². The Hall–Kier alpha value is -1.44. The molecule has 1 aromatic carbocycles. The van der Waals surface area contributed by atoms with Gasteiger partial charge in [-0.3, -0.25) is 0 Å². The number of carbonyl (C=O) groups is 1. The summed E-state index contributed by atoms with van der Waals surface area (Å²) in [6.45, 7) is 0. The molecular weight excluding hydrogens is 234 g/mol. The minimum atomic E-state index is -2.86. The highest BCUT2D eigenvalue weighted by molar-refractivity contribution is 7.73. The SMILES string of the molecule is CN(C)c1ccc(C(=O)O)cc1.O=S([O-])O. The van der Waals surface area contributed by atoms with Crippen molar-refractivity contribution in [1.82, 2.24) is 0 Å². The van der Waals surface area contributed by atoms with Gasteiger partial charge in [0.1, 0.15) is 0 Å². The number of hydrogen-bond donors (Lipinski definition) is 2. The van der Waals surface area contributed by atoms with Crippen LogP contribution in [0.3, 0.4) is 0 Å². The Morgan fingerprint density at radius 3 is 1.94 bits per heavy atom. The Kier molecular flexibility index (Phi) is 6.31. The van der Waals surface area contributed by atoms with Crippen LogP contribution < -0.4 is 4.90 Å². The van der Waals surface area contributed by atoms with Gasteiger partial charge in [-0.25, -0.2) is 9.00 Å². The van der Waals surface area contributed by atoms with E-state index in [0.29, 0.717) is 5.56 Å². The van der Waals surface area contributed by atoms with Crippen molar-refractivity contribution in [3.63, 3.8) is 0 Å². The molecule has 0 bridgehead atoms. The fourth-order valence-electron chi connectivity index (χ4n) is 0.902. The lowest BCUT2D eigenvalue weighted by Crippen LogP contribution is -2.08. The second-order valence-electron chi connectivity index (χ2n) is 2.96. The lowest BCUT2D eigenvalue weighted by Gasteiger charge is -2.11. The van der Waals surface area contributed by atoms with Gasteiger partial charge in [0.25, 0.3) is 0 Å². The van der Waals surface area contributed by atoms with Gasteiger partial charge in [-0.2, -0.15) is 0 Å². The number of hydrogen-bond acceptors (Lipinski definition) is 4. The van der Waals surface area contributed by atoms with Gasteiger partial charge in [-0.05, 0) is 24.3 Å². The lowest BCUT2D eigenvalue weighted by molar-refractivity contribution is 0.0697. The minimum absolute atomic E-state index is 0.320. The van der Waals surface area contributed by atoms with Gasteiger partial charge >= 0.3 is 5.97 Å². The number of carboxylic acids is 1. The molecular formula is C9H12NO5S-. The average molecular weight is 246 g/mol. The largest absolute Gasteiger partial charge is 0.750 e. The van der Waals surface area contributed by atoms with E-state index in [1.165, 1.54) is 0 Å². The van der Waals surface area contributed by atoms with E-state index in [2.05, 4.69) is 0 Å². The first-order valence-corrected chi connectivity index (χ1v) is 5.16. The Morgan fingerprint density at radius 2 is 1.69 bits per heavy atom. The van der Waals surface area contributed by atoms with Crippen molar-refractivity contribution in [2.45, 2.75) is 0 Å². The highest BCUT2D eigenvalue weighted by Gasteiger charge is 2.01. The lowest BCUT2D eigenvalue weighted by atomic mass is 10.2. The van der Waals surface area contributed by atoms with Crippen molar-refractivity contribution in [1.29, 1.82) is 0 Å². The zero-order valence-electron chi connectivity index (χ0n) is 8.78. The topological polar surface area (TPSA) is 101 Å². The molecule has 0 aliphatic rings. The number of nitrogens with zero attached hydrogens (tertiary/aromatic N) is 1. The number of carboxylic acid groups (broad SMARTS) is 1. The molecule has 0 radical (unpaired) electrons. The van der Waals surface area contributed by atoms with E-state index in [1.807, 2.05) is 19.0 Å². The Morgan fingerprint density at radius 1 is 1.31 bits per heavy atom. The van der Waals surface area contributed by atoms with Crippen LogP contribution in [0.2, 0.25) is 0 Å². The first kappa shape index (κ1) is 14.6. The summed E-state index contributed by atoms with van der Waals surface area (Å²) >= 11 is -2.86. The third kappa shape index (κ3) is 6.12. The second-order valence-corrected chi connectivity index (χ2v) is 3.40. The molecule has 0 amide bonds. The average Bonchev–Trinajstić information content (AvgIpc) is 2.17. The van der Waals surface area contributed by atoms with Crippen LogP contribution in [0.1, 0.15) is 10.4 Å². The molecule has 0 spiro atoms. The maximum Gasteiger partial charge on any atom is 0.335 e. The molecule has 90 valence electrons. The third-order valence-corrected chi connectivity index (χ3v) is 1.63. The van der Waals surface area contributed by atoms with Crippen LogP contribution in [-0.2, 0) is 11.4 Å². The molecule has 0 heterocycles. The monoisotopic (exact) mass is 246 g/mol. The summed E-state index contributed by atoms with van der Waals surface area (Å²) in [4.78, 5) is 12.4. The van der Waals surface area contributed by atoms with E-state index in [0.717, 1.165) is 5.69 Å². The molecule has 0 saturated carbocycles. The summed E-state index contributed by atoms with van der Waals surface area (Å²) in [5.41, 5.74) is 1.32. The first-order chi connectivity index (χ1) is 7.34. The van der Waals surface area contributed by atoms with Gasteiger partial charge in [0.2, 0.25) is 0 Å². The zero-order chi connectivity index (χ0) is 12.7. The molecule has 2 N–H and O–H groups in total. The number of anilines is 1. The van der Waals surface area contributed by atoms with Gasteiger partial charge < -0.3 is 19.1 Å². The summed E-state index contributed by atoms with van der Waals surface area (Å²) in [5.74, 6) is -0.889. The number of rotatable bonds is 2. The normalized spacial score (nSPS) is 11.0. The summed E-state index contributed by atoms with van der Waals surface area (Å²) < 4.78 is 24.1. The molecule has 0 aliphatic carbocycles. The standard InChI is InChI=1S/C9H11NO2.H2O3S/c1-10(2)8-5-3-7(4-6-8)9(11)12;1-4(2)3/h3-6H,1-2H3,(H,11,12);(H2,1,2,3)/p-1. The van der Waals surface area contributed by atoms with E-state index in [9.17, 15) is 4.79 Å². The third-order valence-electron chi connectivity index (χ3n) is 1.63. The van der Waals surface area contributed by atoms with Crippen LogP contribution in [0.25, 0.3) is 0 Å². The smallest absolute Gasteiger partial charge is 0.335 e. The summed E-state index contributed by atoms with van der Waals surface area (Å²) in [6.07, 6.45) is 0. The maximum atomic E-state index is 10.5. The van der Waals surface area contributed by atoms with E-state index in [1.54, 1.807) is 24.3 Å². The van der Waals surface area contributed by atoms with E-state index >= 15 is 0 Å². The van der Waals surface area contributed by atoms with Crippen molar-refractivity contribution < 1.29 is 23.2 Å². The molecule has 0 fully saturated rings. The fraction of sp³-hybridized carbons (Fsp3) is 0.222. The van der Waals surface area contributed by atoms with Crippen molar-refractivity contribution >= 4 is 23.0 Å². The Balaban J connectivity index is 0.000000487. The van der Waals surface area contributed by atoms with Crippen molar-refractivity contribution in [3.05, 3.63) is 29.8 Å². The Labute approximate surface area is 95.6 Å². The quantitative estimate of drug-likeness (QED) is 0.748. The van der Waals surface area contributed by atoms with Crippen LogP contribution in [0.15, 0.2) is 24.3 Å². The highest BCUT2D eigenvalue weighted by atomic mass is 32.2. The number of benzene rings is 1. The van der Waals surface area contributed by atoms with E-state index in [-0.39, 0.29) is 0 Å². The predicted molar refractivity (Wildman–Crippen MR) is 59.3 cm³/mol. The second kappa shape index (κ2) is 6.94. The van der Waals surface area contributed by atoms with Gasteiger partial charge in [0, 0.05) is 19.8 Å². The van der Waals surface area contributed by atoms with Crippen LogP contribution in [-0.4, -0.2) is 38.5 Å². The van der Waals surface area contributed by atoms with Gasteiger partial charge in [0.15, 0.2) is 0 Å². The first-order valence-electron chi connectivity index (χ1n) is 4.13. The molecule has 1 atom stereocenters. The maximum absolute atomic E-state index is 10.5. The summed E-state index contributed by atoms with van der Waals surface area (Å²) in [7, 11) is 3.82. The molecule has 1 unspecified atom stereocenters. The molecule has 0 aliphatic heterocycles.